The molecule has 0 amide bonds. The summed E-state index contributed by atoms with van der Waals surface area (Å²) in [6.07, 6.45) is -0.809. The van der Waals surface area contributed by atoms with Gasteiger partial charge in [-0.2, -0.15) is 0 Å². The maximum absolute atomic E-state index is 12.5. The number of carbonyl (C=O) groups is 2. The Hall–Kier alpha value is -2.64. The SMILES string of the molecule is COc1ccc2c(c1)C[C@](O[N+](=O)[O-])(C(=O)OC(C)C)C2=O. The van der Waals surface area contributed by atoms with Crippen LogP contribution in [-0.2, 0) is 20.8 Å². The van der Waals surface area contributed by atoms with Crippen LogP contribution in [-0.4, -0.2) is 35.7 Å². The Morgan fingerprint density at radius 3 is 2.64 bits per heavy atom. The van der Waals surface area contributed by atoms with E-state index in [0.717, 1.165) is 0 Å². The van der Waals surface area contributed by atoms with Crippen LogP contribution >= 0.6 is 0 Å². The van der Waals surface area contributed by atoms with E-state index in [2.05, 4.69) is 4.84 Å². The van der Waals surface area contributed by atoms with Gasteiger partial charge >= 0.3 is 5.97 Å². The number of carbonyl (C=O) groups excluding carboxylic acids is 2. The lowest BCUT2D eigenvalue weighted by Gasteiger charge is -2.23. The third-order valence-electron chi connectivity index (χ3n) is 3.27. The molecule has 0 aliphatic heterocycles. The fourth-order valence-electron chi connectivity index (χ4n) is 2.34. The molecule has 0 N–H and O–H groups in total. The molecule has 0 spiro atoms. The molecule has 0 fully saturated rings. The number of esters is 1. The number of ether oxygens (including phenoxy) is 2. The van der Waals surface area contributed by atoms with Gasteiger partial charge in [-0.05, 0) is 37.6 Å². The van der Waals surface area contributed by atoms with Gasteiger partial charge in [0, 0.05) is 12.0 Å². The Balaban J connectivity index is 2.46. The highest BCUT2D eigenvalue weighted by Crippen LogP contribution is 2.36. The molecular weight excluding hydrogens is 294 g/mol. The first-order valence-electron chi connectivity index (χ1n) is 6.56. The molecule has 0 saturated heterocycles. The van der Waals surface area contributed by atoms with Crippen LogP contribution in [0.15, 0.2) is 18.2 Å². The van der Waals surface area contributed by atoms with Crippen molar-refractivity contribution in [2.24, 2.45) is 0 Å². The van der Waals surface area contributed by atoms with Crippen molar-refractivity contribution in [1.82, 2.24) is 0 Å². The summed E-state index contributed by atoms with van der Waals surface area (Å²) in [6, 6.07) is 4.53. The standard InChI is InChI=1S/C14H15NO7/c1-8(2)21-13(17)14(22-15(18)19)7-9-6-10(20-3)4-5-11(9)12(14)16/h4-6,8H,7H2,1-3H3/t14-/m1/s1. The molecule has 0 bridgehead atoms. The van der Waals surface area contributed by atoms with Crippen molar-refractivity contribution in [2.75, 3.05) is 7.11 Å². The van der Waals surface area contributed by atoms with Gasteiger partial charge in [-0.3, -0.25) is 9.63 Å². The van der Waals surface area contributed by atoms with Crippen molar-refractivity contribution in [3.05, 3.63) is 39.4 Å². The van der Waals surface area contributed by atoms with E-state index >= 15 is 0 Å². The molecule has 22 heavy (non-hydrogen) atoms. The van der Waals surface area contributed by atoms with Gasteiger partial charge in [-0.25, -0.2) is 4.79 Å². The molecule has 118 valence electrons. The van der Waals surface area contributed by atoms with E-state index in [1.54, 1.807) is 19.9 Å². The minimum atomic E-state index is -2.29. The second-order valence-electron chi connectivity index (χ2n) is 5.12. The second kappa shape index (κ2) is 5.63. The van der Waals surface area contributed by atoms with Gasteiger partial charge in [-0.15, -0.1) is 10.1 Å². The van der Waals surface area contributed by atoms with Crippen molar-refractivity contribution >= 4 is 11.8 Å². The molecular formula is C14H15NO7. The molecule has 1 aromatic rings. The highest BCUT2D eigenvalue weighted by Gasteiger charge is 2.57. The van der Waals surface area contributed by atoms with Crippen LogP contribution in [0.5, 0.6) is 5.75 Å². The molecule has 2 rings (SSSR count). The summed E-state index contributed by atoms with van der Waals surface area (Å²) >= 11 is 0. The Morgan fingerprint density at radius 2 is 2.09 bits per heavy atom. The van der Waals surface area contributed by atoms with Gasteiger partial charge in [-0.1, -0.05) is 0 Å². The number of rotatable bonds is 5. The lowest BCUT2D eigenvalue weighted by atomic mass is 9.99. The van der Waals surface area contributed by atoms with Crippen LogP contribution in [0.2, 0.25) is 0 Å². The lowest BCUT2D eigenvalue weighted by molar-refractivity contribution is -0.771. The molecule has 8 heteroatoms. The van der Waals surface area contributed by atoms with Gasteiger partial charge in [0.1, 0.15) is 5.75 Å². The fraction of sp³-hybridized carbons (Fsp3) is 0.429. The zero-order chi connectivity index (χ0) is 16.5. The molecule has 8 nitrogen and oxygen atoms in total. The zero-order valence-corrected chi connectivity index (χ0v) is 12.3. The van der Waals surface area contributed by atoms with Crippen molar-refractivity contribution in [2.45, 2.75) is 32.0 Å². The number of nitrogens with zero attached hydrogens (tertiary/aromatic N) is 1. The summed E-state index contributed by atoms with van der Waals surface area (Å²) in [5, 5.41) is 9.62. The van der Waals surface area contributed by atoms with Crippen molar-refractivity contribution in [3.63, 3.8) is 0 Å². The minimum Gasteiger partial charge on any atom is -0.497 e. The quantitative estimate of drug-likeness (QED) is 0.349. The van der Waals surface area contributed by atoms with E-state index in [0.29, 0.717) is 11.3 Å². The first kappa shape index (κ1) is 15.7. The van der Waals surface area contributed by atoms with Gasteiger partial charge in [0.25, 0.3) is 10.7 Å². The van der Waals surface area contributed by atoms with Gasteiger partial charge < -0.3 is 9.47 Å². The van der Waals surface area contributed by atoms with Gasteiger partial charge in [0.15, 0.2) is 0 Å². The maximum Gasteiger partial charge on any atom is 0.347 e. The van der Waals surface area contributed by atoms with Crippen molar-refractivity contribution in [3.8, 4) is 5.75 Å². The third-order valence-corrected chi connectivity index (χ3v) is 3.27. The zero-order valence-electron chi connectivity index (χ0n) is 12.3. The number of ketones is 1. The third kappa shape index (κ3) is 2.59. The number of hydrogen-bond acceptors (Lipinski definition) is 7. The average molecular weight is 309 g/mol. The van der Waals surface area contributed by atoms with Crippen LogP contribution < -0.4 is 4.74 Å². The van der Waals surface area contributed by atoms with Crippen LogP contribution in [0.25, 0.3) is 0 Å². The number of benzene rings is 1. The lowest BCUT2D eigenvalue weighted by Crippen LogP contribution is -2.50. The minimum absolute atomic E-state index is 0.184. The Morgan fingerprint density at radius 1 is 1.41 bits per heavy atom. The summed E-state index contributed by atoms with van der Waals surface area (Å²) < 4.78 is 10.0. The van der Waals surface area contributed by atoms with E-state index in [-0.39, 0.29) is 12.0 Å². The van der Waals surface area contributed by atoms with E-state index in [9.17, 15) is 19.7 Å². The predicted molar refractivity (Wildman–Crippen MR) is 73.1 cm³/mol. The molecule has 1 aromatic carbocycles. The molecule has 0 unspecified atom stereocenters. The second-order valence-corrected chi connectivity index (χ2v) is 5.12. The Kier molecular flexibility index (Phi) is 4.03. The highest BCUT2D eigenvalue weighted by atomic mass is 17.0. The highest BCUT2D eigenvalue weighted by molar-refractivity contribution is 6.19. The maximum atomic E-state index is 12.5. The van der Waals surface area contributed by atoms with E-state index < -0.39 is 28.5 Å². The molecule has 0 saturated carbocycles. The molecule has 0 radical (unpaired) electrons. The number of Topliss-reactive ketones (excluding diaryl/α,β-unsaturated/α-hetero) is 1. The predicted octanol–water partition coefficient (Wildman–Crippen LogP) is 1.33. The number of hydrogen-bond donors (Lipinski definition) is 0. The topological polar surface area (TPSA) is 105 Å². The molecule has 1 aliphatic carbocycles. The van der Waals surface area contributed by atoms with Crippen molar-refractivity contribution < 1.29 is 29.0 Å². The van der Waals surface area contributed by atoms with Crippen LogP contribution in [0.3, 0.4) is 0 Å². The largest absolute Gasteiger partial charge is 0.497 e. The normalized spacial score (nSPS) is 19.7. The van der Waals surface area contributed by atoms with Crippen LogP contribution in [0, 0.1) is 10.1 Å². The van der Waals surface area contributed by atoms with Crippen LogP contribution in [0.1, 0.15) is 29.8 Å². The molecule has 0 heterocycles. The summed E-state index contributed by atoms with van der Waals surface area (Å²) in [7, 11) is 1.45. The number of fused-ring (bicyclic) bond motifs is 1. The smallest absolute Gasteiger partial charge is 0.347 e. The Bertz CT molecular complexity index is 640. The van der Waals surface area contributed by atoms with E-state index in [4.69, 9.17) is 9.47 Å². The summed E-state index contributed by atoms with van der Waals surface area (Å²) in [6.45, 7) is 3.15. The van der Waals surface area contributed by atoms with Gasteiger partial charge in [0.2, 0.25) is 5.78 Å². The fourth-order valence-corrected chi connectivity index (χ4v) is 2.34. The van der Waals surface area contributed by atoms with Crippen molar-refractivity contribution in [1.29, 1.82) is 0 Å². The van der Waals surface area contributed by atoms with Crippen LogP contribution in [0.4, 0.5) is 0 Å². The first-order valence-corrected chi connectivity index (χ1v) is 6.56. The summed E-state index contributed by atoms with van der Waals surface area (Å²) in [5.74, 6) is -1.38. The first-order chi connectivity index (χ1) is 10.3. The molecule has 1 atom stereocenters. The Labute approximate surface area is 126 Å². The molecule has 1 aliphatic rings. The van der Waals surface area contributed by atoms with E-state index in [1.807, 2.05) is 0 Å². The van der Waals surface area contributed by atoms with Gasteiger partial charge in [0.05, 0.1) is 13.2 Å². The summed E-state index contributed by atoms with van der Waals surface area (Å²) in [5.41, 5.74) is -1.67. The monoisotopic (exact) mass is 309 g/mol. The molecule has 0 aromatic heterocycles. The van der Waals surface area contributed by atoms with E-state index in [1.165, 1.54) is 19.2 Å². The number of methoxy groups -OCH3 is 1. The average Bonchev–Trinajstić information content (AvgIpc) is 2.70. The summed E-state index contributed by atoms with van der Waals surface area (Å²) in [4.78, 5) is 40.0.